The van der Waals surface area contributed by atoms with E-state index in [0.29, 0.717) is 0 Å². The van der Waals surface area contributed by atoms with Crippen LogP contribution in [0.1, 0.15) is 12.5 Å². The van der Waals surface area contributed by atoms with Crippen LogP contribution in [-0.2, 0) is 17.3 Å². The smallest absolute Gasteiger partial charge is 0.0410 e. The zero-order chi connectivity index (χ0) is 11.1. The van der Waals surface area contributed by atoms with Gasteiger partial charge in [0.2, 0.25) is 0 Å². The third-order valence-electron chi connectivity index (χ3n) is 1.92. The van der Waals surface area contributed by atoms with Gasteiger partial charge in [-0.2, -0.15) is 0 Å². The van der Waals surface area contributed by atoms with Gasteiger partial charge in [0, 0.05) is 52.3 Å². The molecule has 0 amide bonds. The summed E-state index contributed by atoms with van der Waals surface area (Å²) in [5.41, 5.74) is 1.13. The lowest BCUT2D eigenvalue weighted by atomic mass is 10.3. The van der Waals surface area contributed by atoms with Crippen molar-refractivity contribution < 1.29 is 4.21 Å². The Morgan fingerprint density at radius 2 is 2.33 bits per heavy atom. The van der Waals surface area contributed by atoms with Gasteiger partial charge in [-0.15, -0.1) is 0 Å². The Kier molecular flexibility index (Phi) is 6.05. The molecule has 1 aromatic rings. The highest BCUT2D eigenvalue weighted by Crippen LogP contribution is 2.08. The van der Waals surface area contributed by atoms with Gasteiger partial charge in [-0.25, -0.2) is 0 Å². The van der Waals surface area contributed by atoms with Gasteiger partial charge < -0.3 is 5.32 Å². The minimum absolute atomic E-state index is 0.677. The highest BCUT2D eigenvalue weighted by Gasteiger charge is 1.97. The molecule has 0 fully saturated rings. The lowest BCUT2D eigenvalue weighted by Gasteiger charge is -2.04. The molecule has 0 aromatic carbocycles. The molecular formula is C10H15BrN2OS. The summed E-state index contributed by atoms with van der Waals surface area (Å²) in [7, 11) is -0.677. The lowest BCUT2D eigenvalue weighted by molar-refractivity contribution is 0.673. The summed E-state index contributed by atoms with van der Waals surface area (Å²) in [5.74, 6) is 1.46. The number of hydrogen-bond acceptors (Lipinski definition) is 3. The molecule has 0 spiro atoms. The van der Waals surface area contributed by atoms with Crippen molar-refractivity contribution in [1.29, 1.82) is 0 Å². The fraction of sp³-hybridized carbons (Fsp3) is 0.500. The third-order valence-corrected chi connectivity index (χ3v) is 3.66. The predicted octanol–water partition coefficient (Wildman–Crippen LogP) is 1.70. The molecular weight excluding hydrogens is 276 g/mol. The van der Waals surface area contributed by atoms with E-state index in [-0.39, 0.29) is 0 Å². The van der Waals surface area contributed by atoms with Crippen molar-refractivity contribution in [3.8, 4) is 0 Å². The number of aromatic nitrogens is 1. The first-order chi connectivity index (χ1) is 7.22. The van der Waals surface area contributed by atoms with Crippen LogP contribution in [0.2, 0.25) is 0 Å². The van der Waals surface area contributed by atoms with Crippen LogP contribution in [-0.4, -0.2) is 27.2 Å². The number of pyridine rings is 1. The SMILES string of the molecule is CCS(=O)CCNCc1cncc(Br)c1. The molecule has 1 unspecified atom stereocenters. The summed E-state index contributed by atoms with van der Waals surface area (Å²) < 4.78 is 12.1. The molecule has 15 heavy (non-hydrogen) atoms. The molecule has 5 heteroatoms. The largest absolute Gasteiger partial charge is 0.312 e. The van der Waals surface area contributed by atoms with Gasteiger partial charge in [-0.3, -0.25) is 9.19 Å². The summed E-state index contributed by atoms with van der Waals surface area (Å²) in [6, 6.07) is 2.02. The van der Waals surface area contributed by atoms with Crippen molar-refractivity contribution in [3.63, 3.8) is 0 Å². The summed E-state index contributed by atoms with van der Waals surface area (Å²) in [6.07, 6.45) is 3.59. The number of hydrogen-bond donors (Lipinski definition) is 1. The summed E-state index contributed by atoms with van der Waals surface area (Å²) in [4.78, 5) is 4.07. The van der Waals surface area contributed by atoms with Gasteiger partial charge >= 0.3 is 0 Å². The maximum absolute atomic E-state index is 11.1. The van der Waals surface area contributed by atoms with Gasteiger partial charge in [0.1, 0.15) is 0 Å². The van der Waals surface area contributed by atoms with Crippen LogP contribution >= 0.6 is 15.9 Å². The van der Waals surface area contributed by atoms with Crippen LogP contribution in [0.15, 0.2) is 22.9 Å². The predicted molar refractivity (Wildman–Crippen MR) is 67.2 cm³/mol. The van der Waals surface area contributed by atoms with Crippen LogP contribution in [0.4, 0.5) is 0 Å². The monoisotopic (exact) mass is 290 g/mol. The second-order valence-corrected chi connectivity index (χ2v) is 5.90. The lowest BCUT2D eigenvalue weighted by Crippen LogP contribution is -2.20. The van der Waals surface area contributed by atoms with Gasteiger partial charge in [-0.05, 0) is 27.6 Å². The van der Waals surface area contributed by atoms with E-state index in [0.717, 1.165) is 34.6 Å². The van der Waals surface area contributed by atoms with Crippen molar-refractivity contribution >= 4 is 26.7 Å². The van der Waals surface area contributed by atoms with E-state index in [4.69, 9.17) is 0 Å². The maximum Gasteiger partial charge on any atom is 0.0410 e. The zero-order valence-corrected chi connectivity index (χ0v) is 11.1. The average molecular weight is 291 g/mol. The zero-order valence-electron chi connectivity index (χ0n) is 8.70. The van der Waals surface area contributed by atoms with Crippen LogP contribution < -0.4 is 5.32 Å². The molecule has 0 bridgehead atoms. The first kappa shape index (κ1) is 12.8. The normalized spacial score (nSPS) is 12.7. The first-order valence-corrected chi connectivity index (χ1v) is 7.15. The van der Waals surface area contributed by atoms with Crippen molar-refractivity contribution in [3.05, 3.63) is 28.5 Å². The van der Waals surface area contributed by atoms with Crippen LogP contribution in [0.25, 0.3) is 0 Å². The molecule has 0 aliphatic rings. The first-order valence-electron chi connectivity index (χ1n) is 4.87. The van der Waals surface area contributed by atoms with Gasteiger partial charge in [0.15, 0.2) is 0 Å². The summed E-state index contributed by atoms with van der Waals surface area (Å²) in [6.45, 7) is 3.49. The molecule has 0 aliphatic heterocycles. The second-order valence-electron chi connectivity index (χ2n) is 3.12. The highest BCUT2D eigenvalue weighted by molar-refractivity contribution is 9.10. The molecule has 1 aromatic heterocycles. The summed E-state index contributed by atoms with van der Waals surface area (Å²) >= 11 is 3.37. The van der Waals surface area contributed by atoms with E-state index in [2.05, 4.69) is 26.2 Å². The Labute approximate surface area is 101 Å². The van der Waals surface area contributed by atoms with E-state index in [1.54, 1.807) is 6.20 Å². The van der Waals surface area contributed by atoms with E-state index in [9.17, 15) is 4.21 Å². The van der Waals surface area contributed by atoms with Gasteiger partial charge in [0.25, 0.3) is 0 Å². The third kappa shape index (κ3) is 5.39. The minimum Gasteiger partial charge on any atom is -0.312 e. The van der Waals surface area contributed by atoms with E-state index in [1.807, 2.05) is 19.2 Å². The molecule has 1 heterocycles. The molecule has 1 atom stereocenters. The Morgan fingerprint density at radius 1 is 1.53 bits per heavy atom. The molecule has 0 saturated carbocycles. The fourth-order valence-corrected chi connectivity index (χ4v) is 2.19. The maximum atomic E-state index is 11.1. The van der Waals surface area contributed by atoms with Crippen molar-refractivity contribution in [2.75, 3.05) is 18.1 Å². The second kappa shape index (κ2) is 7.09. The Hall–Kier alpha value is -0.260. The van der Waals surface area contributed by atoms with E-state index < -0.39 is 10.8 Å². The minimum atomic E-state index is -0.677. The van der Waals surface area contributed by atoms with E-state index >= 15 is 0 Å². The van der Waals surface area contributed by atoms with Crippen LogP contribution in [0, 0.1) is 0 Å². The molecule has 84 valence electrons. The van der Waals surface area contributed by atoms with Gasteiger partial charge in [-0.1, -0.05) is 6.92 Å². The highest BCUT2D eigenvalue weighted by atomic mass is 79.9. The molecule has 0 radical (unpaired) electrons. The topological polar surface area (TPSA) is 42.0 Å². The number of nitrogens with one attached hydrogen (secondary N) is 1. The van der Waals surface area contributed by atoms with Crippen molar-refractivity contribution in [1.82, 2.24) is 10.3 Å². The quantitative estimate of drug-likeness (QED) is 0.811. The Bertz CT molecular complexity index is 333. The number of rotatable bonds is 6. The van der Waals surface area contributed by atoms with Crippen LogP contribution in [0.3, 0.4) is 0 Å². The average Bonchev–Trinajstić information content (AvgIpc) is 2.24. The molecule has 1 N–H and O–H groups in total. The molecule has 1 rings (SSSR count). The molecule has 0 saturated heterocycles. The number of halogens is 1. The standard InChI is InChI=1S/C10H15BrN2OS/c1-2-15(14)4-3-12-6-9-5-10(11)8-13-7-9/h5,7-8,12H,2-4,6H2,1H3. The Morgan fingerprint density at radius 3 is 3.00 bits per heavy atom. The van der Waals surface area contributed by atoms with Crippen molar-refractivity contribution in [2.24, 2.45) is 0 Å². The molecule has 0 aliphatic carbocycles. The summed E-state index contributed by atoms with van der Waals surface area (Å²) in [5, 5.41) is 3.24. The number of nitrogens with zero attached hydrogens (tertiary/aromatic N) is 1. The van der Waals surface area contributed by atoms with E-state index in [1.165, 1.54) is 0 Å². The van der Waals surface area contributed by atoms with Crippen LogP contribution in [0.5, 0.6) is 0 Å². The Balaban J connectivity index is 2.23. The fourth-order valence-electron chi connectivity index (χ4n) is 1.12. The molecule has 3 nitrogen and oxygen atoms in total. The van der Waals surface area contributed by atoms with Gasteiger partial charge in [0.05, 0.1) is 0 Å². The van der Waals surface area contributed by atoms with Crippen molar-refractivity contribution in [2.45, 2.75) is 13.5 Å².